The number of rotatable bonds is 7. The zero-order valence-corrected chi connectivity index (χ0v) is 15.4. The van der Waals surface area contributed by atoms with E-state index in [9.17, 15) is 19.5 Å². The minimum Gasteiger partial charge on any atom is -0.480 e. The minimum absolute atomic E-state index is 0.0237. The van der Waals surface area contributed by atoms with Crippen molar-refractivity contribution in [1.82, 2.24) is 10.2 Å². The minimum atomic E-state index is -1.29. The molecule has 1 rings (SSSR count). The molecular formula is C18H26N2O6. The average molecular weight is 366 g/mol. The summed E-state index contributed by atoms with van der Waals surface area (Å²) in [6.07, 6.45) is -0.779. The fourth-order valence-electron chi connectivity index (χ4n) is 2.10. The number of hydrogen-bond acceptors (Lipinski definition) is 5. The van der Waals surface area contributed by atoms with Gasteiger partial charge in [0, 0.05) is 6.54 Å². The number of carboxylic acid groups (broad SMARTS) is 1. The van der Waals surface area contributed by atoms with Crippen molar-refractivity contribution < 1.29 is 29.3 Å². The van der Waals surface area contributed by atoms with Crippen LogP contribution in [-0.4, -0.2) is 57.4 Å². The Morgan fingerprint density at radius 2 is 1.77 bits per heavy atom. The summed E-state index contributed by atoms with van der Waals surface area (Å²) in [5, 5.41) is 20.9. The van der Waals surface area contributed by atoms with Crippen LogP contribution in [0.4, 0.5) is 4.79 Å². The lowest BCUT2D eigenvalue weighted by molar-refractivity contribution is -0.142. The summed E-state index contributed by atoms with van der Waals surface area (Å²) in [6, 6.07) is 6.46. The summed E-state index contributed by atoms with van der Waals surface area (Å²) >= 11 is 0. The second-order valence-corrected chi connectivity index (χ2v) is 6.86. The fraction of sp³-hybridized carbons (Fsp3) is 0.500. The first-order valence-electron chi connectivity index (χ1n) is 8.22. The lowest BCUT2D eigenvalue weighted by Crippen LogP contribution is -2.54. The molecule has 8 nitrogen and oxygen atoms in total. The van der Waals surface area contributed by atoms with Crippen LogP contribution in [0.5, 0.6) is 0 Å². The highest BCUT2D eigenvalue weighted by molar-refractivity contribution is 5.89. The second kappa shape index (κ2) is 9.19. The van der Waals surface area contributed by atoms with Crippen LogP contribution in [0.15, 0.2) is 30.3 Å². The molecule has 0 aliphatic heterocycles. The number of carboxylic acids is 1. The summed E-state index contributed by atoms with van der Waals surface area (Å²) < 4.78 is 5.34. The number of nitrogens with one attached hydrogen (secondary N) is 1. The van der Waals surface area contributed by atoms with Gasteiger partial charge in [-0.1, -0.05) is 30.3 Å². The van der Waals surface area contributed by atoms with Crippen LogP contribution in [0.2, 0.25) is 0 Å². The van der Waals surface area contributed by atoms with Gasteiger partial charge >= 0.3 is 12.1 Å². The number of benzene rings is 1. The topological polar surface area (TPSA) is 116 Å². The number of aliphatic hydroxyl groups excluding tert-OH is 1. The van der Waals surface area contributed by atoms with Gasteiger partial charge in [0.15, 0.2) is 0 Å². The van der Waals surface area contributed by atoms with Gasteiger partial charge in [-0.3, -0.25) is 14.5 Å². The zero-order valence-electron chi connectivity index (χ0n) is 15.4. The number of aliphatic carboxylic acids is 1. The van der Waals surface area contributed by atoms with Crippen molar-refractivity contribution in [3.05, 3.63) is 35.9 Å². The Labute approximate surface area is 152 Å². The maximum Gasteiger partial charge on any atom is 0.411 e. The van der Waals surface area contributed by atoms with Crippen LogP contribution < -0.4 is 5.32 Å². The summed E-state index contributed by atoms with van der Waals surface area (Å²) in [4.78, 5) is 37.0. The number of nitrogens with zero attached hydrogens (tertiary/aromatic N) is 1. The Bertz CT molecular complexity index is 626. The van der Waals surface area contributed by atoms with Crippen LogP contribution in [0.25, 0.3) is 0 Å². The molecule has 26 heavy (non-hydrogen) atoms. The van der Waals surface area contributed by atoms with Crippen LogP contribution in [0.1, 0.15) is 33.3 Å². The summed E-state index contributed by atoms with van der Waals surface area (Å²) in [7, 11) is 0. The first-order chi connectivity index (χ1) is 12.0. The van der Waals surface area contributed by atoms with Gasteiger partial charge in [-0.05, 0) is 33.3 Å². The number of carbonyl (C=O) groups is 3. The third kappa shape index (κ3) is 6.72. The molecule has 2 amide bonds. The lowest BCUT2D eigenvalue weighted by Gasteiger charge is -2.32. The molecule has 0 saturated carbocycles. The number of carbonyl (C=O) groups excluding carboxylic acids is 2. The second-order valence-electron chi connectivity index (χ2n) is 6.86. The predicted molar refractivity (Wildman–Crippen MR) is 94.3 cm³/mol. The molecular weight excluding hydrogens is 340 g/mol. The van der Waals surface area contributed by atoms with E-state index in [4.69, 9.17) is 9.84 Å². The number of ether oxygens (including phenoxy) is 1. The molecule has 1 aromatic carbocycles. The van der Waals surface area contributed by atoms with E-state index >= 15 is 0 Å². The van der Waals surface area contributed by atoms with E-state index in [-0.39, 0.29) is 6.54 Å². The van der Waals surface area contributed by atoms with E-state index in [1.54, 1.807) is 45.0 Å². The van der Waals surface area contributed by atoms with Gasteiger partial charge in [0.2, 0.25) is 5.91 Å². The molecule has 3 N–H and O–H groups in total. The van der Waals surface area contributed by atoms with E-state index in [1.165, 1.54) is 6.92 Å². The van der Waals surface area contributed by atoms with Crippen LogP contribution in [0, 0.1) is 0 Å². The molecule has 8 heteroatoms. The normalized spacial score (nSPS) is 13.4. The van der Waals surface area contributed by atoms with Crippen molar-refractivity contribution in [2.45, 2.75) is 51.9 Å². The lowest BCUT2D eigenvalue weighted by atomic mass is 10.1. The molecule has 0 saturated heterocycles. The van der Waals surface area contributed by atoms with Crippen LogP contribution in [-0.2, 0) is 20.9 Å². The van der Waals surface area contributed by atoms with Crippen molar-refractivity contribution >= 4 is 18.0 Å². The molecule has 0 heterocycles. The molecule has 2 unspecified atom stereocenters. The van der Waals surface area contributed by atoms with Gasteiger partial charge in [-0.25, -0.2) is 4.79 Å². The molecule has 2 atom stereocenters. The molecule has 0 aromatic heterocycles. The van der Waals surface area contributed by atoms with E-state index in [1.807, 2.05) is 6.07 Å². The first kappa shape index (κ1) is 21.4. The van der Waals surface area contributed by atoms with E-state index < -0.39 is 42.3 Å². The third-order valence-electron chi connectivity index (χ3n) is 3.40. The highest BCUT2D eigenvalue weighted by atomic mass is 16.6. The van der Waals surface area contributed by atoms with Crippen molar-refractivity contribution in [3.8, 4) is 0 Å². The van der Waals surface area contributed by atoms with E-state index in [2.05, 4.69) is 5.32 Å². The molecule has 0 radical (unpaired) electrons. The highest BCUT2D eigenvalue weighted by Gasteiger charge is 2.33. The summed E-state index contributed by atoms with van der Waals surface area (Å²) in [6.45, 7) is 5.70. The molecule has 0 bridgehead atoms. The van der Waals surface area contributed by atoms with E-state index in [0.717, 1.165) is 10.5 Å². The van der Waals surface area contributed by atoms with Crippen molar-refractivity contribution in [3.63, 3.8) is 0 Å². The van der Waals surface area contributed by atoms with Crippen LogP contribution >= 0.6 is 0 Å². The molecule has 0 aliphatic carbocycles. The molecule has 144 valence electrons. The maximum absolute atomic E-state index is 12.6. The fourth-order valence-corrected chi connectivity index (χ4v) is 2.10. The zero-order chi connectivity index (χ0) is 19.9. The monoisotopic (exact) mass is 366 g/mol. The van der Waals surface area contributed by atoms with Crippen molar-refractivity contribution in [2.75, 3.05) is 6.61 Å². The first-order valence-corrected chi connectivity index (χ1v) is 8.22. The standard InChI is InChI=1S/C18H26N2O6/c1-12(16(23)24)19-15(22)14(11-21)20(17(25)26-18(2,3)4)10-13-8-6-5-7-9-13/h5-9,12,14,21H,10-11H2,1-4H3,(H,19,22)(H,23,24). The number of aliphatic hydroxyl groups is 1. The largest absolute Gasteiger partial charge is 0.480 e. The van der Waals surface area contributed by atoms with Crippen molar-refractivity contribution in [1.29, 1.82) is 0 Å². The van der Waals surface area contributed by atoms with Gasteiger partial charge in [0.05, 0.1) is 6.61 Å². The Morgan fingerprint density at radius 3 is 2.23 bits per heavy atom. The SMILES string of the molecule is CC(NC(=O)C(CO)N(Cc1ccccc1)C(=O)OC(C)(C)C)C(=O)O. The Morgan fingerprint density at radius 1 is 1.19 bits per heavy atom. The van der Waals surface area contributed by atoms with Gasteiger partial charge < -0.3 is 20.3 Å². The number of hydrogen-bond donors (Lipinski definition) is 3. The number of amides is 2. The average Bonchev–Trinajstić information content (AvgIpc) is 2.53. The molecule has 0 spiro atoms. The highest BCUT2D eigenvalue weighted by Crippen LogP contribution is 2.16. The molecule has 1 aromatic rings. The van der Waals surface area contributed by atoms with Gasteiger partial charge in [0.1, 0.15) is 17.7 Å². The molecule has 0 fully saturated rings. The third-order valence-corrected chi connectivity index (χ3v) is 3.40. The Hall–Kier alpha value is -2.61. The smallest absolute Gasteiger partial charge is 0.411 e. The van der Waals surface area contributed by atoms with E-state index in [0.29, 0.717) is 0 Å². The Kier molecular flexibility index (Phi) is 7.57. The maximum atomic E-state index is 12.6. The van der Waals surface area contributed by atoms with Crippen LogP contribution in [0.3, 0.4) is 0 Å². The molecule has 0 aliphatic rings. The van der Waals surface area contributed by atoms with Crippen molar-refractivity contribution in [2.24, 2.45) is 0 Å². The quantitative estimate of drug-likeness (QED) is 0.671. The predicted octanol–water partition coefficient (Wildman–Crippen LogP) is 1.37. The van der Waals surface area contributed by atoms with Gasteiger partial charge in [0.25, 0.3) is 0 Å². The van der Waals surface area contributed by atoms with Gasteiger partial charge in [-0.15, -0.1) is 0 Å². The van der Waals surface area contributed by atoms with Gasteiger partial charge in [-0.2, -0.15) is 0 Å². The summed E-state index contributed by atoms with van der Waals surface area (Å²) in [5.74, 6) is -1.99. The summed E-state index contributed by atoms with van der Waals surface area (Å²) in [5.41, 5.74) is -0.0625. The Balaban J connectivity index is 3.08.